The molecule has 0 atom stereocenters. The Bertz CT molecular complexity index is 516. The van der Waals surface area contributed by atoms with Gasteiger partial charge in [-0.1, -0.05) is 30.7 Å². The number of thiophene rings is 1. The van der Waals surface area contributed by atoms with E-state index in [0.717, 1.165) is 16.9 Å². The molecule has 0 bridgehead atoms. The van der Waals surface area contributed by atoms with Crippen LogP contribution in [0.25, 0.3) is 0 Å². The van der Waals surface area contributed by atoms with E-state index in [2.05, 4.69) is 0 Å². The third-order valence-corrected chi connectivity index (χ3v) is 3.74. The van der Waals surface area contributed by atoms with Crippen molar-refractivity contribution >= 4 is 28.7 Å². The zero-order chi connectivity index (χ0) is 11.5. The monoisotopic (exact) mass is 250 g/mol. The summed E-state index contributed by atoms with van der Waals surface area (Å²) >= 11 is 7.49. The summed E-state index contributed by atoms with van der Waals surface area (Å²) in [5.74, 6) is 0.0254. The summed E-state index contributed by atoms with van der Waals surface area (Å²) in [5.41, 5.74) is 1.68. The molecule has 0 radical (unpaired) electrons. The van der Waals surface area contributed by atoms with E-state index in [1.807, 2.05) is 30.5 Å². The van der Waals surface area contributed by atoms with E-state index in [4.69, 9.17) is 11.6 Å². The lowest BCUT2D eigenvalue weighted by molar-refractivity contribution is 0.104. The predicted octanol–water partition coefficient (Wildman–Crippen LogP) is 4.19. The van der Waals surface area contributed by atoms with Crippen molar-refractivity contribution in [2.45, 2.75) is 13.3 Å². The number of aryl methyl sites for hydroxylation is 1. The van der Waals surface area contributed by atoms with E-state index in [1.54, 1.807) is 12.1 Å². The molecule has 1 aromatic heterocycles. The molecule has 0 fully saturated rings. The van der Waals surface area contributed by atoms with Crippen LogP contribution < -0.4 is 0 Å². The summed E-state index contributed by atoms with van der Waals surface area (Å²) < 4.78 is 0. The molecule has 1 nitrogen and oxygen atoms in total. The van der Waals surface area contributed by atoms with Gasteiger partial charge in [-0.3, -0.25) is 4.79 Å². The van der Waals surface area contributed by atoms with Crippen molar-refractivity contribution in [3.63, 3.8) is 0 Å². The number of rotatable bonds is 3. The number of hydrogen-bond donors (Lipinski definition) is 0. The first-order valence-corrected chi connectivity index (χ1v) is 6.35. The van der Waals surface area contributed by atoms with E-state index >= 15 is 0 Å². The first-order valence-electron chi connectivity index (χ1n) is 5.09. The minimum atomic E-state index is 0.0254. The van der Waals surface area contributed by atoms with Crippen molar-refractivity contribution in [2.75, 3.05) is 0 Å². The summed E-state index contributed by atoms with van der Waals surface area (Å²) in [7, 11) is 0. The molecule has 2 aromatic rings. The Kier molecular flexibility index (Phi) is 3.42. The van der Waals surface area contributed by atoms with Gasteiger partial charge in [-0.25, -0.2) is 0 Å². The quantitative estimate of drug-likeness (QED) is 0.747. The second-order valence-electron chi connectivity index (χ2n) is 3.44. The predicted molar refractivity (Wildman–Crippen MR) is 68.6 cm³/mol. The maximum atomic E-state index is 12.2. The minimum Gasteiger partial charge on any atom is -0.288 e. The third-order valence-electron chi connectivity index (χ3n) is 2.45. The van der Waals surface area contributed by atoms with Gasteiger partial charge < -0.3 is 0 Å². The number of benzene rings is 1. The van der Waals surface area contributed by atoms with Crippen LogP contribution in [-0.2, 0) is 6.42 Å². The zero-order valence-corrected chi connectivity index (χ0v) is 10.4. The largest absolute Gasteiger partial charge is 0.288 e. The first kappa shape index (κ1) is 11.4. The van der Waals surface area contributed by atoms with Crippen LogP contribution in [0.5, 0.6) is 0 Å². The third kappa shape index (κ3) is 2.04. The SMILES string of the molecule is CCc1ccsc1C(=O)c1ccccc1Cl. The molecule has 0 aliphatic carbocycles. The molecule has 0 spiro atoms. The van der Waals surface area contributed by atoms with Crippen LogP contribution in [0.1, 0.15) is 27.7 Å². The van der Waals surface area contributed by atoms with Crippen molar-refractivity contribution < 1.29 is 4.79 Å². The summed E-state index contributed by atoms with van der Waals surface area (Å²) in [4.78, 5) is 13.0. The molecule has 0 amide bonds. The lowest BCUT2D eigenvalue weighted by atomic mass is 10.1. The fraction of sp³-hybridized carbons (Fsp3) is 0.154. The van der Waals surface area contributed by atoms with Gasteiger partial charge in [0.2, 0.25) is 5.78 Å². The topological polar surface area (TPSA) is 17.1 Å². The van der Waals surface area contributed by atoms with Crippen LogP contribution in [-0.4, -0.2) is 5.78 Å². The van der Waals surface area contributed by atoms with Crippen molar-refractivity contribution in [2.24, 2.45) is 0 Å². The van der Waals surface area contributed by atoms with E-state index in [0.29, 0.717) is 10.6 Å². The van der Waals surface area contributed by atoms with Gasteiger partial charge in [-0.05, 0) is 35.6 Å². The number of carbonyl (C=O) groups is 1. The van der Waals surface area contributed by atoms with Gasteiger partial charge in [0, 0.05) is 5.56 Å². The Morgan fingerprint density at radius 2 is 2.06 bits per heavy atom. The average molecular weight is 251 g/mol. The summed E-state index contributed by atoms with van der Waals surface area (Å²) in [6.07, 6.45) is 0.870. The molecule has 3 heteroatoms. The van der Waals surface area contributed by atoms with Crippen LogP contribution in [0.15, 0.2) is 35.7 Å². The van der Waals surface area contributed by atoms with E-state index < -0.39 is 0 Å². The van der Waals surface area contributed by atoms with Gasteiger partial charge in [0.05, 0.1) is 9.90 Å². The molecule has 16 heavy (non-hydrogen) atoms. The van der Waals surface area contributed by atoms with Gasteiger partial charge in [0.25, 0.3) is 0 Å². The minimum absolute atomic E-state index is 0.0254. The standard InChI is InChI=1S/C13H11ClOS/c1-2-9-7-8-16-13(9)12(15)10-5-3-4-6-11(10)14/h3-8H,2H2,1H3. The van der Waals surface area contributed by atoms with Crippen LogP contribution in [0.4, 0.5) is 0 Å². The molecule has 0 aliphatic rings. The van der Waals surface area contributed by atoms with Crippen LogP contribution in [0, 0.1) is 0 Å². The van der Waals surface area contributed by atoms with E-state index in [1.165, 1.54) is 11.3 Å². The molecule has 1 heterocycles. The summed E-state index contributed by atoms with van der Waals surface area (Å²) in [5, 5.41) is 2.46. The Balaban J connectivity index is 2.44. The molecule has 0 saturated heterocycles. The zero-order valence-electron chi connectivity index (χ0n) is 8.87. The lowest BCUT2D eigenvalue weighted by Gasteiger charge is -2.03. The molecule has 0 unspecified atom stereocenters. The van der Waals surface area contributed by atoms with Crippen LogP contribution in [0.3, 0.4) is 0 Å². The second kappa shape index (κ2) is 4.81. The molecule has 82 valence electrons. The van der Waals surface area contributed by atoms with E-state index in [-0.39, 0.29) is 5.78 Å². The Morgan fingerprint density at radius 1 is 1.31 bits per heavy atom. The molecule has 1 aromatic carbocycles. The molecule has 0 aliphatic heterocycles. The van der Waals surface area contributed by atoms with Gasteiger partial charge in [-0.2, -0.15) is 0 Å². The van der Waals surface area contributed by atoms with Gasteiger partial charge in [0.15, 0.2) is 0 Å². The van der Waals surface area contributed by atoms with Gasteiger partial charge in [0.1, 0.15) is 0 Å². The number of carbonyl (C=O) groups excluding carboxylic acids is 1. The molecule has 0 saturated carbocycles. The Hall–Kier alpha value is -1.12. The van der Waals surface area contributed by atoms with Gasteiger partial charge >= 0.3 is 0 Å². The van der Waals surface area contributed by atoms with Crippen LogP contribution in [0.2, 0.25) is 5.02 Å². The number of halogens is 1. The maximum absolute atomic E-state index is 12.2. The molecule has 0 N–H and O–H groups in total. The maximum Gasteiger partial charge on any atom is 0.204 e. The number of ketones is 1. The molecular formula is C13H11ClOS. The Labute approximate surface area is 104 Å². The highest BCUT2D eigenvalue weighted by Crippen LogP contribution is 2.24. The summed E-state index contributed by atoms with van der Waals surface area (Å²) in [6.45, 7) is 2.05. The van der Waals surface area contributed by atoms with Gasteiger partial charge in [-0.15, -0.1) is 11.3 Å². The van der Waals surface area contributed by atoms with Crippen molar-refractivity contribution in [1.82, 2.24) is 0 Å². The van der Waals surface area contributed by atoms with Crippen molar-refractivity contribution in [1.29, 1.82) is 0 Å². The number of hydrogen-bond acceptors (Lipinski definition) is 2. The second-order valence-corrected chi connectivity index (χ2v) is 4.76. The fourth-order valence-electron chi connectivity index (χ4n) is 1.58. The van der Waals surface area contributed by atoms with Crippen molar-refractivity contribution in [3.8, 4) is 0 Å². The normalized spacial score (nSPS) is 10.4. The smallest absolute Gasteiger partial charge is 0.204 e. The first-order chi connectivity index (χ1) is 7.74. The molecular weight excluding hydrogens is 240 g/mol. The average Bonchev–Trinajstić information content (AvgIpc) is 2.77. The highest BCUT2D eigenvalue weighted by atomic mass is 35.5. The fourth-order valence-corrected chi connectivity index (χ4v) is 2.75. The lowest BCUT2D eigenvalue weighted by Crippen LogP contribution is -2.02. The van der Waals surface area contributed by atoms with Crippen LogP contribution >= 0.6 is 22.9 Å². The van der Waals surface area contributed by atoms with Crippen molar-refractivity contribution in [3.05, 3.63) is 56.7 Å². The summed E-state index contributed by atoms with van der Waals surface area (Å²) in [6, 6.07) is 9.17. The highest BCUT2D eigenvalue weighted by Gasteiger charge is 2.16. The highest BCUT2D eigenvalue weighted by molar-refractivity contribution is 7.12. The Morgan fingerprint density at radius 3 is 2.75 bits per heavy atom. The van der Waals surface area contributed by atoms with E-state index in [9.17, 15) is 4.79 Å². The molecule has 2 rings (SSSR count).